The third kappa shape index (κ3) is 10.2. The average molecular weight is 238 g/mol. The Kier molecular flexibility index (Phi) is 5.33. The molecule has 3 nitrogen and oxygen atoms in total. The summed E-state index contributed by atoms with van der Waals surface area (Å²) in [6.07, 6.45) is -0.550. The monoisotopic (exact) mass is 238 g/mol. The molecule has 5 heteroatoms. The first-order chi connectivity index (χ1) is 6.10. The van der Waals surface area contributed by atoms with E-state index in [2.05, 4.69) is 0 Å². The van der Waals surface area contributed by atoms with Crippen LogP contribution in [0.2, 0.25) is 0 Å². The van der Waals surface area contributed by atoms with Crippen LogP contribution in [0.3, 0.4) is 0 Å². The maximum Gasteiger partial charge on any atom is 0.513 e. The van der Waals surface area contributed by atoms with E-state index in [9.17, 15) is 4.79 Å². The minimum Gasteiger partial charge on any atom is -0.416 e. The van der Waals surface area contributed by atoms with E-state index >= 15 is 0 Å². The SMILES string of the molecule is CC(C)(C)POC(=O)OPC(C)(C)C. The van der Waals surface area contributed by atoms with Crippen LogP contribution in [0, 0.1) is 0 Å². The van der Waals surface area contributed by atoms with Gasteiger partial charge in [-0.05, 0) is 0 Å². The molecule has 0 bridgehead atoms. The van der Waals surface area contributed by atoms with E-state index in [0.717, 1.165) is 0 Å². The molecule has 0 aromatic rings. The standard InChI is InChI=1S/C9H20O3P2/c1-8(2,3)13-11-7(10)12-14-9(4,5)6/h13-14H,1-6H3. The lowest BCUT2D eigenvalue weighted by molar-refractivity contribution is 0.163. The van der Waals surface area contributed by atoms with Gasteiger partial charge in [-0.25, -0.2) is 4.79 Å². The second-order valence-electron chi connectivity index (χ2n) is 5.16. The van der Waals surface area contributed by atoms with Crippen molar-refractivity contribution in [3.05, 3.63) is 0 Å². The van der Waals surface area contributed by atoms with Gasteiger partial charge in [0.05, 0.1) is 17.6 Å². The molecule has 2 atom stereocenters. The Balaban J connectivity index is 3.68. The predicted molar refractivity (Wildman–Crippen MR) is 63.7 cm³/mol. The first-order valence-electron chi connectivity index (χ1n) is 4.52. The van der Waals surface area contributed by atoms with E-state index in [1.54, 1.807) is 0 Å². The van der Waals surface area contributed by atoms with Crippen molar-refractivity contribution in [2.75, 3.05) is 0 Å². The summed E-state index contributed by atoms with van der Waals surface area (Å²) in [5.74, 6) is 0. The van der Waals surface area contributed by atoms with E-state index in [0.29, 0.717) is 0 Å². The number of rotatable bonds is 2. The minimum atomic E-state index is -0.550. The van der Waals surface area contributed by atoms with Crippen LogP contribution in [0.15, 0.2) is 0 Å². The van der Waals surface area contributed by atoms with Crippen molar-refractivity contribution >= 4 is 23.8 Å². The maximum absolute atomic E-state index is 11.1. The third-order valence-electron chi connectivity index (χ3n) is 0.881. The van der Waals surface area contributed by atoms with E-state index in [4.69, 9.17) is 9.05 Å². The van der Waals surface area contributed by atoms with E-state index < -0.39 is 6.16 Å². The Morgan fingerprint density at radius 1 is 0.857 bits per heavy atom. The van der Waals surface area contributed by atoms with Crippen LogP contribution < -0.4 is 0 Å². The zero-order valence-electron chi connectivity index (χ0n) is 9.72. The Morgan fingerprint density at radius 3 is 1.36 bits per heavy atom. The fourth-order valence-corrected chi connectivity index (χ4v) is 1.36. The lowest BCUT2D eigenvalue weighted by Crippen LogP contribution is -2.11. The molecule has 0 rings (SSSR count). The largest absolute Gasteiger partial charge is 0.513 e. The summed E-state index contributed by atoms with van der Waals surface area (Å²) in [4.78, 5) is 11.1. The Hall–Kier alpha value is 0.130. The fraction of sp³-hybridized carbons (Fsp3) is 0.889. The summed E-state index contributed by atoms with van der Waals surface area (Å²) in [5, 5.41) is 0.0354. The second kappa shape index (κ2) is 5.28. The molecule has 14 heavy (non-hydrogen) atoms. The summed E-state index contributed by atoms with van der Waals surface area (Å²) < 4.78 is 9.95. The number of carbonyl (C=O) groups is 1. The van der Waals surface area contributed by atoms with Crippen LogP contribution in [-0.2, 0) is 9.05 Å². The number of carbonyl (C=O) groups excluding carboxylic acids is 1. The summed E-state index contributed by atoms with van der Waals surface area (Å²) in [5.41, 5.74) is 0. The van der Waals surface area contributed by atoms with E-state index in [-0.39, 0.29) is 27.9 Å². The molecule has 0 spiro atoms. The van der Waals surface area contributed by atoms with Gasteiger partial charge in [0.15, 0.2) is 0 Å². The topological polar surface area (TPSA) is 35.5 Å². The molecule has 0 aliphatic rings. The molecule has 0 fully saturated rings. The lowest BCUT2D eigenvalue weighted by Gasteiger charge is -2.19. The lowest BCUT2D eigenvalue weighted by atomic mass is 10.3. The summed E-state index contributed by atoms with van der Waals surface area (Å²) in [6.45, 7) is 12.1. The Morgan fingerprint density at radius 2 is 1.14 bits per heavy atom. The van der Waals surface area contributed by atoms with Gasteiger partial charge >= 0.3 is 6.16 Å². The van der Waals surface area contributed by atoms with E-state index in [1.165, 1.54) is 0 Å². The second-order valence-corrected chi connectivity index (χ2v) is 8.97. The summed E-state index contributed by atoms with van der Waals surface area (Å²) in [6, 6.07) is 0. The van der Waals surface area contributed by atoms with Crippen LogP contribution >= 0.6 is 17.6 Å². The smallest absolute Gasteiger partial charge is 0.416 e. The van der Waals surface area contributed by atoms with Crippen molar-refractivity contribution in [1.82, 2.24) is 0 Å². The van der Waals surface area contributed by atoms with Gasteiger partial charge in [0, 0.05) is 10.3 Å². The van der Waals surface area contributed by atoms with Crippen molar-refractivity contribution in [1.29, 1.82) is 0 Å². The van der Waals surface area contributed by atoms with Gasteiger partial charge in [0.25, 0.3) is 0 Å². The highest BCUT2D eigenvalue weighted by atomic mass is 31.1. The molecule has 84 valence electrons. The molecule has 0 aliphatic carbocycles. The predicted octanol–water partition coefficient (Wildman–Crippen LogP) is 3.92. The van der Waals surface area contributed by atoms with Crippen molar-refractivity contribution < 1.29 is 13.8 Å². The summed E-state index contributed by atoms with van der Waals surface area (Å²) in [7, 11) is 0.290. The number of hydrogen-bond donors (Lipinski definition) is 0. The minimum absolute atomic E-state index is 0.0177. The third-order valence-corrected chi connectivity index (χ3v) is 2.64. The highest BCUT2D eigenvalue weighted by Crippen LogP contribution is 2.35. The molecule has 0 N–H and O–H groups in total. The average Bonchev–Trinajstić information content (AvgIpc) is 1.94. The fourth-order valence-electron chi connectivity index (χ4n) is 0.410. The highest BCUT2D eigenvalue weighted by molar-refractivity contribution is 7.36. The van der Waals surface area contributed by atoms with Gasteiger partial charge in [-0.2, -0.15) is 0 Å². The molecule has 0 amide bonds. The molecule has 0 aromatic heterocycles. The molecular formula is C9H20O3P2. The molecule has 0 saturated heterocycles. The van der Waals surface area contributed by atoms with Crippen molar-refractivity contribution in [3.63, 3.8) is 0 Å². The summed E-state index contributed by atoms with van der Waals surface area (Å²) >= 11 is 0. The molecular weight excluding hydrogens is 218 g/mol. The molecule has 0 radical (unpaired) electrons. The Bertz CT molecular complexity index is 171. The van der Waals surface area contributed by atoms with E-state index in [1.807, 2.05) is 41.5 Å². The van der Waals surface area contributed by atoms with Crippen molar-refractivity contribution in [2.45, 2.75) is 51.9 Å². The van der Waals surface area contributed by atoms with Crippen molar-refractivity contribution in [3.8, 4) is 0 Å². The normalized spacial score (nSPS) is 14.1. The zero-order valence-corrected chi connectivity index (χ0v) is 11.7. The van der Waals surface area contributed by atoms with Crippen molar-refractivity contribution in [2.24, 2.45) is 0 Å². The molecule has 0 saturated carbocycles. The van der Waals surface area contributed by atoms with Crippen LogP contribution in [0.1, 0.15) is 41.5 Å². The first-order valence-corrected chi connectivity index (χ1v) is 6.34. The highest BCUT2D eigenvalue weighted by Gasteiger charge is 2.18. The van der Waals surface area contributed by atoms with Gasteiger partial charge in [-0.3, -0.25) is 0 Å². The maximum atomic E-state index is 11.1. The van der Waals surface area contributed by atoms with Crippen LogP contribution in [-0.4, -0.2) is 16.5 Å². The molecule has 2 unspecified atom stereocenters. The van der Waals surface area contributed by atoms with Gasteiger partial charge < -0.3 is 9.05 Å². The van der Waals surface area contributed by atoms with Crippen LogP contribution in [0.4, 0.5) is 4.79 Å². The molecule has 0 aromatic carbocycles. The van der Waals surface area contributed by atoms with Crippen LogP contribution in [0.25, 0.3) is 0 Å². The Labute approximate surface area is 90.1 Å². The van der Waals surface area contributed by atoms with Gasteiger partial charge in [0.2, 0.25) is 0 Å². The molecule has 0 heterocycles. The first kappa shape index (κ1) is 14.1. The van der Waals surface area contributed by atoms with Gasteiger partial charge in [-0.1, -0.05) is 41.5 Å². The van der Waals surface area contributed by atoms with Crippen LogP contribution in [0.5, 0.6) is 0 Å². The quantitative estimate of drug-likeness (QED) is 0.684. The molecule has 0 aliphatic heterocycles. The number of hydrogen-bond acceptors (Lipinski definition) is 3. The zero-order chi connectivity index (χ0) is 11.4. The van der Waals surface area contributed by atoms with Gasteiger partial charge in [-0.15, -0.1) is 0 Å². The van der Waals surface area contributed by atoms with Gasteiger partial charge in [0.1, 0.15) is 0 Å².